The van der Waals surface area contributed by atoms with E-state index in [0.29, 0.717) is 5.92 Å². The van der Waals surface area contributed by atoms with Gasteiger partial charge in [0.15, 0.2) is 0 Å². The topological polar surface area (TPSA) is 38.3 Å². The van der Waals surface area contributed by atoms with Gasteiger partial charge in [0.05, 0.1) is 0 Å². The van der Waals surface area contributed by atoms with Gasteiger partial charge in [-0.15, -0.1) is 11.3 Å². The Bertz CT molecular complexity index is 636. The molecule has 0 aliphatic rings. The quantitative estimate of drug-likeness (QED) is 0.655. The van der Waals surface area contributed by atoms with Gasteiger partial charge in [0.25, 0.3) is 0 Å². The summed E-state index contributed by atoms with van der Waals surface area (Å²) in [5, 5.41) is 2.74. The summed E-state index contributed by atoms with van der Waals surface area (Å²) in [6, 6.07) is 12.2. The van der Waals surface area contributed by atoms with E-state index in [9.17, 15) is 4.79 Å². The molecule has 1 aromatic heterocycles. The van der Waals surface area contributed by atoms with Crippen LogP contribution in [0.2, 0.25) is 0 Å². The first-order valence-corrected chi connectivity index (χ1v) is 9.26. The van der Waals surface area contributed by atoms with Crippen LogP contribution in [-0.2, 0) is 4.74 Å². The van der Waals surface area contributed by atoms with Crippen molar-refractivity contribution in [1.29, 1.82) is 0 Å². The molecule has 1 N–H and O–H groups in total. The number of benzene rings is 1. The van der Waals surface area contributed by atoms with Crippen LogP contribution in [0.5, 0.6) is 0 Å². The van der Waals surface area contributed by atoms with Gasteiger partial charge in [0, 0.05) is 15.4 Å². The zero-order chi connectivity index (χ0) is 18.3. The maximum absolute atomic E-state index is 11.7. The maximum atomic E-state index is 11.7. The summed E-state index contributed by atoms with van der Waals surface area (Å²) < 4.78 is 5.24. The van der Waals surface area contributed by atoms with Crippen LogP contribution in [0.1, 0.15) is 59.3 Å². The van der Waals surface area contributed by atoms with Gasteiger partial charge >= 0.3 is 6.09 Å². The van der Waals surface area contributed by atoms with Crippen molar-refractivity contribution in [2.75, 3.05) is 5.32 Å². The second-order valence-electron chi connectivity index (χ2n) is 6.56. The van der Waals surface area contributed by atoms with Crippen LogP contribution in [0.15, 0.2) is 36.4 Å². The van der Waals surface area contributed by atoms with E-state index >= 15 is 0 Å². The molecular formula is C20H29NO2S. The van der Waals surface area contributed by atoms with E-state index in [0.717, 1.165) is 11.3 Å². The molecule has 0 spiro atoms. The summed E-state index contributed by atoms with van der Waals surface area (Å²) in [4.78, 5) is 14.4. The van der Waals surface area contributed by atoms with E-state index in [2.05, 4.69) is 31.3 Å². The highest BCUT2D eigenvalue weighted by Crippen LogP contribution is 2.32. The van der Waals surface area contributed by atoms with Crippen molar-refractivity contribution in [2.45, 2.75) is 60.0 Å². The first-order chi connectivity index (χ1) is 11.2. The molecule has 4 heteroatoms. The van der Waals surface area contributed by atoms with E-state index in [1.165, 1.54) is 9.75 Å². The Hall–Kier alpha value is -1.81. The summed E-state index contributed by atoms with van der Waals surface area (Å²) in [5.74, 6) is 0.548. The van der Waals surface area contributed by atoms with Crippen LogP contribution in [-0.4, -0.2) is 11.7 Å². The SMILES string of the molecule is CC.CC(C)c1ccc(-c2ccc(NC(=O)OC(C)(C)C)cc2)s1. The summed E-state index contributed by atoms with van der Waals surface area (Å²) in [6.07, 6.45) is -0.432. The predicted octanol–water partition coefficient (Wildman–Crippen LogP) is 6.91. The number of thiophene rings is 1. The first kappa shape index (κ1) is 20.2. The van der Waals surface area contributed by atoms with E-state index in [-0.39, 0.29) is 0 Å². The molecule has 0 saturated heterocycles. The van der Waals surface area contributed by atoms with Crippen LogP contribution in [0.25, 0.3) is 10.4 Å². The molecule has 0 aliphatic heterocycles. The molecule has 0 radical (unpaired) electrons. The molecule has 1 amide bonds. The molecule has 0 fully saturated rings. The molecule has 2 rings (SSSR count). The normalized spacial score (nSPS) is 10.8. The molecule has 3 nitrogen and oxygen atoms in total. The zero-order valence-corrected chi connectivity index (χ0v) is 16.6. The number of ether oxygens (including phenoxy) is 1. The molecule has 0 unspecified atom stereocenters. The van der Waals surface area contributed by atoms with Gasteiger partial charge in [-0.3, -0.25) is 5.32 Å². The second-order valence-corrected chi connectivity index (χ2v) is 7.68. The smallest absolute Gasteiger partial charge is 0.412 e. The highest BCUT2D eigenvalue weighted by atomic mass is 32.1. The van der Waals surface area contributed by atoms with Crippen LogP contribution >= 0.6 is 11.3 Å². The summed E-state index contributed by atoms with van der Waals surface area (Å²) >= 11 is 1.81. The van der Waals surface area contributed by atoms with E-state index in [1.807, 2.05) is 70.2 Å². The van der Waals surface area contributed by atoms with Gasteiger partial charge in [-0.1, -0.05) is 39.8 Å². The molecular weight excluding hydrogens is 318 g/mol. The fraction of sp³-hybridized carbons (Fsp3) is 0.450. The van der Waals surface area contributed by atoms with Gasteiger partial charge in [0.1, 0.15) is 5.60 Å². The van der Waals surface area contributed by atoms with Crippen LogP contribution in [0, 0.1) is 0 Å². The Morgan fingerprint density at radius 1 is 1.04 bits per heavy atom. The van der Waals surface area contributed by atoms with Crippen LogP contribution in [0.3, 0.4) is 0 Å². The second kappa shape index (κ2) is 8.88. The van der Waals surface area contributed by atoms with Gasteiger partial charge in [-0.25, -0.2) is 4.79 Å². The predicted molar refractivity (Wildman–Crippen MR) is 105 cm³/mol. The average Bonchev–Trinajstić information content (AvgIpc) is 2.98. The third-order valence-electron chi connectivity index (χ3n) is 3.01. The Morgan fingerprint density at radius 3 is 2.08 bits per heavy atom. The molecule has 1 aromatic carbocycles. The van der Waals surface area contributed by atoms with Gasteiger partial charge < -0.3 is 4.74 Å². The molecule has 0 aliphatic carbocycles. The number of nitrogens with one attached hydrogen (secondary N) is 1. The molecule has 2 aromatic rings. The van der Waals surface area contributed by atoms with Gasteiger partial charge in [-0.05, 0) is 56.5 Å². The standard InChI is InChI=1S/C18H23NO2S.C2H6/c1-12(2)15-10-11-16(22-15)13-6-8-14(9-7-13)19-17(20)21-18(3,4)5;1-2/h6-12H,1-5H3,(H,19,20);1-2H3. The fourth-order valence-corrected chi connectivity index (χ4v) is 2.97. The lowest BCUT2D eigenvalue weighted by Gasteiger charge is -2.19. The van der Waals surface area contributed by atoms with Crippen molar-refractivity contribution in [3.8, 4) is 10.4 Å². The van der Waals surface area contributed by atoms with Crippen molar-refractivity contribution in [1.82, 2.24) is 0 Å². The number of anilines is 1. The lowest BCUT2D eigenvalue weighted by Crippen LogP contribution is -2.27. The highest BCUT2D eigenvalue weighted by Gasteiger charge is 2.16. The number of hydrogen-bond acceptors (Lipinski definition) is 3. The molecule has 0 saturated carbocycles. The Kier molecular flexibility index (Phi) is 7.49. The summed E-state index contributed by atoms with van der Waals surface area (Å²) in [7, 11) is 0. The molecule has 132 valence electrons. The highest BCUT2D eigenvalue weighted by molar-refractivity contribution is 7.15. The maximum Gasteiger partial charge on any atom is 0.412 e. The number of carbonyl (C=O) groups is 1. The number of hydrogen-bond donors (Lipinski definition) is 1. The molecule has 0 atom stereocenters. The van der Waals surface area contributed by atoms with Crippen molar-refractivity contribution >= 4 is 23.1 Å². The van der Waals surface area contributed by atoms with Crippen LogP contribution < -0.4 is 5.32 Å². The Labute approximate surface area is 150 Å². The average molecular weight is 348 g/mol. The summed E-state index contributed by atoms with van der Waals surface area (Å²) in [5.41, 5.74) is 1.40. The monoisotopic (exact) mass is 347 g/mol. The van der Waals surface area contributed by atoms with E-state index < -0.39 is 11.7 Å². The van der Waals surface area contributed by atoms with Crippen molar-refractivity contribution < 1.29 is 9.53 Å². The fourth-order valence-electron chi connectivity index (χ4n) is 1.96. The third kappa shape index (κ3) is 6.36. The lowest BCUT2D eigenvalue weighted by molar-refractivity contribution is 0.0636. The number of rotatable bonds is 3. The minimum Gasteiger partial charge on any atom is -0.444 e. The number of carbonyl (C=O) groups excluding carboxylic acids is 1. The van der Waals surface area contributed by atoms with Crippen LogP contribution in [0.4, 0.5) is 10.5 Å². The first-order valence-electron chi connectivity index (χ1n) is 8.45. The van der Waals surface area contributed by atoms with Gasteiger partial charge in [0.2, 0.25) is 0 Å². The van der Waals surface area contributed by atoms with Crippen molar-refractivity contribution in [3.63, 3.8) is 0 Å². The van der Waals surface area contributed by atoms with E-state index in [4.69, 9.17) is 4.74 Å². The zero-order valence-electron chi connectivity index (χ0n) is 15.8. The molecule has 0 bridgehead atoms. The lowest BCUT2D eigenvalue weighted by atomic mass is 10.1. The largest absolute Gasteiger partial charge is 0.444 e. The molecule has 24 heavy (non-hydrogen) atoms. The van der Waals surface area contributed by atoms with Gasteiger partial charge in [-0.2, -0.15) is 0 Å². The minimum absolute atomic E-state index is 0.432. The molecule has 1 heterocycles. The Morgan fingerprint density at radius 2 is 1.62 bits per heavy atom. The summed E-state index contributed by atoms with van der Waals surface area (Å²) in [6.45, 7) is 13.9. The van der Waals surface area contributed by atoms with E-state index in [1.54, 1.807) is 0 Å². The Balaban J connectivity index is 0.00000139. The number of amides is 1. The van der Waals surface area contributed by atoms with Crippen molar-refractivity contribution in [2.24, 2.45) is 0 Å². The minimum atomic E-state index is -0.492. The van der Waals surface area contributed by atoms with Crippen molar-refractivity contribution in [3.05, 3.63) is 41.3 Å². The third-order valence-corrected chi connectivity index (χ3v) is 4.45.